The van der Waals surface area contributed by atoms with E-state index in [0.717, 1.165) is 0 Å². The molecule has 0 unspecified atom stereocenters. The molecule has 1 amide bonds. The Morgan fingerprint density at radius 1 is 1.08 bits per heavy atom. The molecular formula is C16H24N2O5S. The molecule has 0 radical (unpaired) electrons. The van der Waals surface area contributed by atoms with E-state index in [1.807, 2.05) is 13.8 Å². The molecule has 0 aliphatic carbocycles. The van der Waals surface area contributed by atoms with Crippen molar-refractivity contribution in [3.63, 3.8) is 0 Å². The summed E-state index contributed by atoms with van der Waals surface area (Å²) >= 11 is 0. The first-order valence-corrected chi connectivity index (χ1v) is 9.16. The van der Waals surface area contributed by atoms with Crippen LogP contribution >= 0.6 is 0 Å². The first kappa shape index (κ1) is 20.1. The maximum atomic E-state index is 12.1. The van der Waals surface area contributed by atoms with E-state index >= 15 is 0 Å². The molecule has 0 heterocycles. The van der Waals surface area contributed by atoms with Gasteiger partial charge >= 0.3 is 5.97 Å². The second-order valence-electron chi connectivity index (χ2n) is 6.30. The molecule has 1 rings (SSSR count). The number of hydrogen-bond donors (Lipinski definition) is 3. The van der Waals surface area contributed by atoms with Crippen LogP contribution in [0.1, 0.15) is 38.1 Å². The summed E-state index contributed by atoms with van der Waals surface area (Å²) in [5.41, 5.74) is 0.199. The first-order valence-electron chi connectivity index (χ1n) is 7.68. The van der Waals surface area contributed by atoms with Gasteiger partial charge in [-0.1, -0.05) is 27.7 Å². The highest BCUT2D eigenvalue weighted by atomic mass is 32.2. The number of nitrogens with one attached hydrogen (secondary N) is 2. The Hall–Kier alpha value is -1.93. The van der Waals surface area contributed by atoms with Crippen LogP contribution in [0.2, 0.25) is 0 Å². The topological polar surface area (TPSA) is 113 Å². The van der Waals surface area contributed by atoms with Crippen LogP contribution in [-0.2, 0) is 14.8 Å². The number of sulfonamides is 1. The van der Waals surface area contributed by atoms with E-state index in [2.05, 4.69) is 10.0 Å². The van der Waals surface area contributed by atoms with Gasteiger partial charge in [-0.05, 0) is 36.1 Å². The Morgan fingerprint density at radius 3 is 2.04 bits per heavy atom. The van der Waals surface area contributed by atoms with E-state index in [-0.39, 0.29) is 22.3 Å². The molecule has 0 saturated carbocycles. The molecule has 0 bridgehead atoms. The lowest BCUT2D eigenvalue weighted by molar-refractivity contribution is -0.140. The molecule has 0 fully saturated rings. The van der Waals surface area contributed by atoms with Crippen LogP contribution in [0.5, 0.6) is 0 Å². The monoisotopic (exact) mass is 356 g/mol. The third kappa shape index (κ3) is 5.61. The Balaban J connectivity index is 2.87. The molecule has 0 aliphatic heterocycles. The molecule has 1 atom stereocenters. The fraction of sp³-hybridized carbons (Fsp3) is 0.500. The van der Waals surface area contributed by atoms with Gasteiger partial charge in [0.15, 0.2) is 0 Å². The van der Waals surface area contributed by atoms with Gasteiger partial charge < -0.3 is 10.4 Å². The second kappa shape index (κ2) is 8.25. The maximum Gasteiger partial charge on any atom is 0.326 e. The van der Waals surface area contributed by atoms with Gasteiger partial charge in [-0.25, -0.2) is 17.9 Å². The van der Waals surface area contributed by atoms with Crippen molar-refractivity contribution < 1.29 is 23.1 Å². The van der Waals surface area contributed by atoms with E-state index in [0.29, 0.717) is 6.54 Å². The Kier molecular flexibility index (Phi) is 6.92. The number of aliphatic carboxylic acids is 1. The first-order chi connectivity index (χ1) is 11.0. The smallest absolute Gasteiger partial charge is 0.326 e. The van der Waals surface area contributed by atoms with E-state index in [1.54, 1.807) is 13.8 Å². The molecule has 0 spiro atoms. The molecule has 0 aliphatic rings. The summed E-state index contributed by atoms with van der Waals surface area (Å²) in [5.74, 6) is -1.77. The Labute approximate surface area is 142 Å². The summed E-state index contributed by atoms with van der Waals surface area (Å²) in [4.78, 5) is 23.3. The minimum atomic E-state index is -3.62. The van der Waals surface area contributed by atoms with E-state index < -0.39 is 27.9 Å². The lowest BCUT2D eigenvalue weighted by atomic mass is 10.0. The molecule has 24 heavy (non-hydrogen) atoms. The van der Waals surface area contributed by atoms with Gasteiger partial charge in [0, 0.05) is 12.1 Å². The van der Waals surface area contributed by atoms with Crippen LogP contribution in [0.15, 0.2) is 29.2 Å². The summed E-state index contributed by atoms with van der Waals surface area (Å²) in [7, 11) is -3.62. The maximum absolute atomic E-state index is 12.1. The number of hydrogen-bond acceptors (Lipinski definition) is 4. The number of carboxylic acids is 1. The highest BCUT2D eigenvalue weighted by Gasteiger charge is 2.24. The number of carbonyl (C=O) groups excluding carboxylic acids is 1. The lowest BCUT2D eigenvalue weighted by Gasteiger charge is -2.18. The summed E-state index contributed by atoms with van der Waals surface area (Å²) < 4.78 is 26.6. The largest absolute Gasteiger partial charge is 0.480 e. The zero-order valence-corrected chi connectivity index (χ0v) is 15.1. The quantitative estimate of drug-likeness (QED) is 0.653. The van der Waals surface area contributed by atoms with Gasteiger partial charge in [-0.15, -0.1) is 0 Å². The van der Waals surface area contributed by atoms with Crippen LogP contribution < -0.4 is 10.0 Å². The Morgan fingerprint density at radius 2 is 1.62 bits per heavy atom. The van der Waals surface area contributed by atoms with Crippen molar-refractivity contribution in [2.45, 2.75) is 38.6 Å². The summed E-state index contributed by atoms with van der Waals surface area (Å²) in [6.07, 6.45) is 0. The molecule has 0 saturated heterocycles. The van der Waals surface area contributed by atoms with E-state index in [4.69, 9.17) is 5.11 Å². The minimum Gasteiger partial charge on any atom is -0.480 e. The van der Waals surface area contributed by atoms with Crippen molar-refractivity contribution in [3.8, 4) is 0 Å². The van der Waals surface area contributed by atoms with Crippen LogP contribution in [-0.4, -0.2) is 38.0 Å². The van der Waals surface area contributed by atoms with Gasteiger partial charge in [-0.3, -0.25) is 4.79 Å². The number of carboxylic acid groups (broad SMARTS) is 1. The normalized spacial score (nSPS) is 13.1. The summed E-state index contributed by atoms with van der Waals surface area (Å²) in [5, 5.41) is 11.5. The van der Waals surface area contributed by atoms with Gasteiger partial charge in [0.1, 0.15) is 6.04 Å². The van der Waals surface area contributed by atoms with Gasteiger partial charge in [0.05, 0.1) is 4.90 Å². The SMILES string of the molecule is CC(C)CNS(=O)(=O)c1ccc(C(=O)N[C@H](C(=O)O)C(C)C)cc1. The third-order valence-corrected chi connectivity index (χ3v) is 4.77. The molecule has 7 nitrogen and oxygen atoms in total. The van der Waals surface area contributed by atoms with Crippen molar-refractivity contribution in [2.24, 2.45) is 11.8 Å². The summed E-state index contributed by atoms with van der Waals surface area (Å²) in [6.45, 7) is 7.48. The third-order valence-electron chi connectivity index (χ3n) is 3.33. The second-order valence-corrected chi connectivity index (χ2v) is 8.07. The van der Waals surface area contributed by atoms with Gasteiger partial charge in [-0.2, -0.15) is 0 Å². The van der Waals surface area contributed by atoms with Gasteiger partial charge in [0.2, 0.25) is 10.0 Å². The van der Waals surface area contributed by atoms with Gasteiger partial charge in [0.25, 0.3) is 5.91 Å². The molecule has 8 heteroatoms. The number of carbonyl (C=O) groups is 2. The standard InChI is InChI=1S/C16H24N2O5S/c1-10(2)9-17-24(22,23)13-7-5-12(6-8-13)15(19)18-14(11(3)4)16(20)21/h5-8,10-11,14,17H,9H2,1-4H3,(H,18,19)(H,20,21)/t14-/m0/s1. The highest BCUT2D eigenvalue weighted by molar-refractivity contribution is 7.89. The molecule has 1 aromatic carbocycles. The van der Waals surface area contributed by atoms with Crippen molar-refractivity contribution in [3.05, 3.63) is 29.8 Å². The van der Waals surface area contributed by atoms with E-state index in [1.165, 1.54) is 24.3 Å². The fourth-order valence-electron chi connectivity index (χ4n) is 1.88. The number of rotatable bonds is 8. The lowest BCUT2D eigenvalue weighted by Crippen LogP contribution is -2.44. The predicted molar refractivity (Wildman–Crippen MR) is 90.2 cm³/mol. The zero-order chi connectivity index (χ0) is 18.5. The molecule has 134 valence electrons. The van der Waals surface area contributed by atoms with Crippen molar-refractivity contribution in [1.82, 2.24) is 10.0 Å². The number of amides is 1. The average Bonchev–Trinajstić information content (AvgIpc) is 2.50. The average molecular weight is 356 g/mol. The number of benzene rings is 1. The van der Waals surface area contributed by atoms with Crippen LogP contribution in [0.4, 0.5) is 0 Å². The van der Waals surface area contributed by atoms with Crippen LogP contribution in [0, 0.1) is 11.8 Å². The molecular weight excluding hydrogens is 332 g/mol. The molecule has 0 aromatic heterocycles. The zero-order valence-electron chi connectivity index (χ0n) is 14.2. The fourth-order valence-corrected chi connectivity index (χ4v) is 3.10. The van der Waals surface area contributed by atoms with Crippen molar-refractivity contribution >= 4 is 21.9 Å². The molecule has 3 N–H and O–H groups in total. The van der Waals surface area contributed by atoms with Crippen LogP contribution in [0.25, 0.3) is 0 Å². The predicted octanol–water partition coefficient (Wildman–Crippen LogP) is 1.46. The summed E-state index contributed by atoms with van der Waals surface area (Å²) in [6, 6.07) is 4.36. The minimum absolute atomic E-state index is 0.0540. The van der Waals surface area contributed by atoms with Crippen LogP contribution in [0.3, 0.4) is 0 Å². The van der Waals surface area contributed by atoms with Crippen molar-refractivity contribution in [2.75, 3.05) is 6.54 Å². The highest BCUT2D eigenvalue weighted by Crippen LogP contribution is 2.12. The Bertz CT molecular complexity index is 681. The molecule has 1 aromatic rings. The van der Waals surface area contributed by atoms with Crippen molar-refractivity contribution in [1.29, 1.82) is 0 Å². The van der Waals surface area contributed by atoms with E-state index in [9.17, 15) is 18.0 Å².